The van der Waals surface area contributed by atoms with Gasteiger partial charge in [-0.3, -0.25) is 0 Å². The van der Waals surface area contributed by atoms with Gasteiger partial charge in [0.05, 0.1) is 23.0 Å². The fraction of sp³-hybridized carbons (Fsp3) is 0.467. The predicted octanol–water partition coefficient (Wildman–Crippen LogP) is 3.77. The van der Waals surface area contributed by atoms with Gasteiger partial charge in [0.25, 0.3) is 0 Å². The van der Waals surface area contributed by atoms with Crippen molar-refractivity contribution >= 4 is 28.6 Å². The second kappa shape index (κ2) is 5.83. The first-order valence-corrected chi connectivity index (χ1v) is 7.18. The average molecular weight is 295 g/mol. The maximum absolute atomic E-state index is 12.0. The number of hydrogen-bond donors (Lipinski definition) is 0. The van der Waals surface area contributed by atoms with Crippen molar-refractivity contribution < 1.29 is 9.53 Å². The van der Waals surface area contributed by atoms with Gasteiger partial charge in [-0.2, -0.15) is 0 Å². The molecular weight excluding hydrogens is 276 g/mol. The number of esters is 1. The molecule has 0 spiro atoms. The van der Waals surface area contributed by atoms with Crippen LogP contribution in [0.2, 0.25) is 0 Å². The number of fused-ring (bicyclic) bond motifs is 1. The maximum atomic E-state index is 12.0. The molecule has 1 aromatic heterocycles. The lowest BCUT2D eigenvalue weighted by molar-refractivity contribution is -0.146. The number of halogens is 1. The molecule has 0 fully saturated rings. The number of alkyl halides is 1. The molecule has 1 heterocycles. The van der Waals surface area contributed by atoms with Crippen LogP contribution in [0.5, 0.6) is 0 Å². The van der Waals surface area contributed by atoms with E-state index in [1.807, 2.05) is 43.5 Å². The zero-order valence-corrected chi connectivity index (χ0v) is 12.9. The van der Waals surface area contributed by atoms with E-state index in [-0.39, 0.29) is 11.3 Å². The summed E-state index contributed by atoms with van der Waals surface area (Å²) in [6.45, 7) is 7.83. The first-order chi connectivity index (χ1) is 9.45. The molecule has 5 heteroatoms. The molecule has 0 aliphatic rings. The van der Waals surface area contributed by atoms with Crippen LogP contribution in [-0.2, 0) is 9.53 Å². The summed E-state index contributed by atoms with van der Waals surface area (Å²) < 4.78 is 6.97. The SMILES string of the molecule is CCOC(=O)C(C)n1c(C(C)Cl)nc2cc(C)ccc21. The van der Waals surface area contributed by atoms with Crippen molar-refractivity contribution in [2.45, 2.75) is 39.1 Å². The van der Waals surface area contributed by atoms with E-state index < -0.39 is 6.04 Å². The summed E-state index contributed by atoms with van der Waals surface area (Å²) in [5, 5.41) is -0.278. The van der Waals surface area contributed by atoms with Crippen LogP contribution in [0, 0.1) is 6.92 Å². The van der Waals surface area contributed by atoms with Crippen molar-refractivity contribution in [2.24, 2.45) is 0 Å². The van der Waals surface area contributed by atoms with Gasteiger partial charge in [-0.25, -0.2) is 9.78 Å². The second-order valence-electron chi connectivity index (χ2n) is 4.88. The number of imidazole rings is 1. The summed E-state index contributed by atoms with van der Waals surface area (Å²) in [4.78, 5) is 16.6. The fourth-order valence-corrected chi connectivity index (χ4v) is 2.44. The van der Waals surface area contributed by atoms with Crippen LogP contribution >= 0.6 is 11.6 Å². The summed E-state index contributed by atoms with van der Waals surface area (Å²) in [7, 11) is 0. The number of aromatic nitrogens is 2. The third kappa shape index (κ3) is 2.66. The molecule has 0 aliphatic carbocycles. The molecule has 0 N–H and O–H groups in total. The number of rotatable bonds is 4. The first kappa shape index (κ1) is 14.9. The van der Waals surface area contributed by atoms with Crippen LogP contribution < -0.4 is 0 Å². The molecule has 0 aliphatic heterocycles. The minimum atomic E-state index is -0.446. The molecule has 2 aromatic rings. The first-order valence-electron chi connectivity index (χ1n) is 6.74. The van der Waals surface area contributed by atoms with E-state index in [0.717, 1.165) is 16.6 Å². The molecule has 2 atom stereocenters. The standard InChI is InChI=1S/C15H19ClN2O2/c1-5-20-15(19)11(4)18-13-7-6-9(2)8-12(13)17-14(18)10(3)16/h6-8,10-11H,5H2,1-4H3. The third-order valence-corrected chi connectivity index (χ3v) is 3.44. The van der Waals surface area contributed by atoms with Crippen LogP contribution in [0.3, 0.4) is 0 Å². The Balaban J connectivity index is 2.59. The van der Waals surface area contributed by atoms with Gasteiger partial charge in [0.15, 0.2) is 0 Å². The molecule has 4 nitrogen and oxygen atoms in total. The van der Waals surface area contributed by atoms with Gasteiger partial charge >= 0.3 is 5.97 Å². The summed E-state index contributed by atoms with van der Waals surface area (Å²) in [6.07, 6.45) is 0. The normalized spacial score (nSPS) is 14.2. The maximum Gasteiger partial charge on any atom is 0.328 e. The topological polar surface area (TPSA) is 44.1 Å². The predicted molar refractivity (Wildman–Crippen MR) is 80.1 cm³/mol. The lowest BCUT2D eigenvalue weighted by atomic mass is 10.2. The molecule has 0 saturated carbocycles. The Bertz CT molecular complexity index is 634. The van der Waals surface area contributed by atoms with Crippen molar-refractivity contribution in [3.05, 3.63) is 29.6 Å². The Morgan fingerprint density at radius 1 is 1.45 bits per heavy atom. The monoisotopic (exact) mass is 294 g/mol. The smallest absolute Gasteiger partial charge is 0.328 e. The Labute approximate surface area is 123 Å². The zero-order valence-electron chi connectivity index (χ0n) is 12.2. The van der Waals surface area contributed by atoms with Crippen LogP contribution in [0.1, 0.15) is 43.6 Å². The molecule has 2 rings (SSSR count). The molecule has 0 bridgehead atoms. The highest BCUT2D eigenvalue weighted by Gasteiger charge is 2.24. The largest absolute Gasteiger partial charge is 0.464 e. The van der Waals surface area contributed by atoms with Gasteiger partial charge in [-0.15, -0.1) is 11.6 Å². The van der Waals surface area contributed by atoms with E-state index in [4.69, 9.17) is 16.3 Å². The number of carbonyl (C=O) groups is 1. The minimum absolute atomic E-state index is 0.272. The van der Waals surface area contributed by atoms with Gasteiger partial charge in [-0.1, -0.05) is 6.07 Å². The summed E-state index contributed by atoms with van der Waals surface area (Å²) >= 11 is 6.21. The van der Waals surface area contributed by atoms with E-state index in [1.165, 1.54) is 0 Å². The Morgan fingerprint density at radius 3 is 2.75 bits per heavy atom. The second-order valence-corrected chi connectivity index (χ2v) is 5.53. The van der Waals surface area contributed by atoms with Crippen molar-refractivity contribution in [2.75, 3.05) is 6.61 Å². The summed E-state index contributed by atoms with van der Waals surface area (Å²) in [6, 6.07) is 5.52. The zero-order chi connectivity index (χ0) is 14.9. The molecule has 1 aromatic carbocycles. The minimum Gasteiger partial charge on any atom is -0.464 e. The van der Waals surface area contributed by atoms with Crippen LogP contribution in [-0.4, -0.2) is 22.1 Å². The van der Waals surface area contributed by atoms with Gasteiger partial charge in [0.2, 0.25) is 0 Å². The summed E-state index contributed by atoms with van der Waals surface area (Å²) in [5.41, 5.74) is 2.88. The number of benzene rings is 1. The molecular formula is C15H19ClN2O2. The lowest BCUT2D eigenvalue weighted by Crippen LogP contribution is -2.21. The number of aryl methyl sites for hydroxylation is 1. The number of ether oxygens (including phenoxy) is 1. The van der Waals surface area contributed by atoms with Crippen molar-refractivity contribution in [1.29, 1.82) is 0 Å². The molecule has 0 radical (unpaired) electrons. The van der Waals surface area contributed by atoms with Crippen LogP contribution in [0.25, 0.3) is 11.0 Å². The highest BCUT2D eigenvalue weighted by molar-refractivity contribution is 6.20. The van der Waals surface area contributed by atoms with E-state index in [0.29, 0.717) is 12.4 Å². The van der Waals surface area contributed by atoms with E-state index in [2.05, 4.69) is 4.98 Å². The Kier molecular flexibility index (Phi) is 4.33. The molecule has 108 valence electrons. The van der Waals surface area contributed by atoms with Gasteiger partial charge in [0.1, 0.15) is 11.9 Å². The van der Waals surface area contributed by atoms with Gasteiger partial charge in [-0.05, 0) is 45.4 Å². The van der Waals surface area contributed by atoms with Crippen LogP contribution in [0.4, 0.5) is 0 Å². The Morgan fingerprint density at radius 2 is 2.15 bits per heavy atom. The van der Waals surface area contributed by atoms with Crippen molar-refractivity contribution in [3.63, 3.8) is 0 Å². The number of nitrogens with zero attached hydrogens (tertiary/aromatic N) is 2. The molecule has 0 saturated heterocycles. The van der Waals surface area contributed by atoms with Crippen LogP contribution in [0.15, 0.2) is 18.2 Å². The number of carbonyl (C=O) groups excluding carboxylic acids is 1. The average Bonchev–Trinajstić information content (AvgIpc) is 2.76. The highest BCUT2D eigenvalue weighted by atomic mass is 35.5. The van der Waals surface area contributed by atoms with Crippen molar-refractivity contribution in [3.8, 4) is 0 Å². The lowest BCUT2D eigenvalue weighted by Gasteiger charge is -2.17. The quantitative estimate of drug-likeness (QED) is 0.637. The van der Waals surface area contributed by atoms with Crippen molar-refractivity contribution in [1.82, 2.24) is 9.55 Å². The number of hydrogen-bond acceptors (Lipinski definition) is 3. The Hall–Kier alpha value is -1.55. The third-order valence-electron chi connectivity index (χ3n) is 3.24. The van der Waals surface area contributed by atoms with Gasteiger partial charge < -0.3 is 9.30 Å². The molecule has 20 heavy (non-hydrogen) atoms. The molecule has 2 unspecified atom stereocenters. The fourth-order valence-electron chi connectivity index (χ4n) is 2.28. The van der Waals surface area contributed by atoms with E-state index in [9.17, 15) is 4.79 Å². The molecule has 0 amide bonds. The highest BCUT2D eigenvalue weighted by Crippen LogP contribution is 2.29. The van der Waals surface area contributed by atoms with Gasteiger partial charge in [0, 0.05) is 0 Å². The van der Waals surface area contributed by atoms with E-state index in [1.54, 1.807) is 6.92 Å². The van der Waals surface area contributed by atoms with E-state index >= 15 is 0 Å². The summed E-state index contributed by atoms with van der Waals surface area (Å²) in [5.74, 6) is 0.416.